The van der Waals surface area contributed by atoms with Crippen LogP contribution in [0.3, 0.4) is 0 Å². The van der Waals surface area contributed by atoms with E-state index in [-0.39, 0.29) is 18.2 Å². The Morgan fingerprint density at radius 1 is 1.13 bits per heavy atom. The van der Waals surface area contributed by atoms with E-state index in [0.29, 0.717) is 24.4 Å². The van der Waals surface area contributed by atoms with Crippen LogP contribution in [0.1, 0.15) is 46.5 Å². The van der Waals surface area contributed by atoms with Gasteiger partial charge >= 0.3 is 0 Å². The molecule has 0 heterocycles. The molecule has 0 aliphatic rings. The number of nitrogens with zero attached hydrogens (tertiary/aromatic N) is 1. The van der Waals surface area contributed by atoms with Gasteiger partial charge in [0.2, 0.25) is 11.8 Å². The molecule has 2 N–H and O–H groups in total. The summed E-state index contributed by atoms with van der Waals surface area (Å²) in [5, 5.41) is 6.71. The Balaban J connectivity index is 2.41. The van der Waals surface area contributed by atoms with Gasteiger partial charge in [-0.1, -0.05) is 13.3 Å². The van der Waals surface area contributed by atoms with Crippen molar-refractivity contribution in [2.24, 2.45) is 5.10 Å². The van der Waals surface area contributed by atoms with Crippen molar-refractivity contribution in [1.82, 2.24) is 5.43 Å². The molecule has 1 rings (SSSR count). The van der Waals surface area contributed by atoms with E-state index in [4.69, 9.17) is 4.74 Å². The summed E-state index contributed by atoms with van der Waals surface area (Å²) in [5.74, 6) is 0.453. The van der Waals surface area contributed by atoms with Crippen molar-refractivity contribution < 1.29 is 14.3 Å². The molecule has 23 heavy (non-hydrogen) atoms. The van der Waals surface area contributed by atoms with Crippen molar-refractivity contribution in [2.45, 2.75) is 46.5 Å². The number of rotatable bonds is 9. The second-order valence-corrected chi connectivity index (χ2v) is 5.17. The average molecular weight is 319 g/mol. The third-order valence-electron chi connectivity index (χ3n) is 2.99. The Morgan fingerprint density at radius 3 is 2.43 bits per heavy atom. The predicted molar refractivity (Wildman–Crippen MR) is 91.6 cm³/mol. The van der Waals surface area contributed by atoms with Gasteiger partial charge in [-0.05, 0) is 44.5 Å². The van der Waals surface area contributed by atoms with Crippen LogP contribution in [0.2, 0.25) is 0 Å². The Kier molecular flexibility index (Phi) is 8.42. The zero-order valence-electron chi connectivity index (χ0n) is 14.0. The summed E-state index contributed by atoms with van der Waals surface area (Å²) in [6, 6.07) is 7.16. The molecule has 126 valence electrons. The number of carbonyl (C=O) groups excluding carboxylic acids is 2. The lowest BCUT2D eigenvalue weighted by atomic mass is 10.2. The van der Waals surface area contributed by atoms with Crippen LogP contribution in [0.4, 0.5) is 5.69 Å². The SMILES string of the molecule is CCCCC(=O)N/N=C(/C)CC(=O)Nc1ccc(OCC)cc1. The molecule has 0 unspecified atom stereocenters. The number of unbranched alkanes of at least 4 members (excludes halogenated alkanes) is 1. The third-order valence-corrected chi connectivity index (χ3v) is 2.99. The summed E-state index contributed by atoms with van der Waals surface area (Å²) < 4.78 is 5.34. The van der Waals surface area contributed by atoms with Gasteiger partial charge < -0.3 is 10.1 Å². The van der Waals surface area contributed by atoms with Gasteiger partial charge in [-0.3, -0.25) is 9.59 Å². The summed E-state index contributed by atoms with van der Waals surface area (Å²) in [6.07, 6.45) is 2.37. The van der Waals surface area contributed by atoms with Crippen LogP contribution >= 0.6 is 0 Å². The highest BCUT2D eigenvalue weighted by Crippen LogP contribution is 2.15. The highest BCUT2D eigenvalue weighted by Gasteiger charge is 2.06. The van der Waals surface area contributed by atoms with E-state index in [1.54, 1.807) is 31.2 Å². The lowest BCUT2D eigenvalue weighted by Crippen LogP contribution is -2.21. The van der Waals surface area contributed by atoms with Crippen molar-refractivity contribution in [3.63, 3.8) is 0 Å². The van der Waals surface area contributed by atoms with Gasteiger partial charge in [0.25, 0.3) is 0 Å². The molecule has 0 saturated carbocycles. The fourth-order valence-corrected chi connectivity index (χ4v) is 1.83. The molecule has 0 saturated heterocycles. The average Bonchev–Trinajstić information content (AvgIpc) is 2.53. The van der Waals surface area contributed by atoms with Gasteiger partial charge in [-0.15, -0.1) is 0 Å². The first-order chi connectivity index (χ1) is 11.0. The van der Waals surface area contributed by atoms with Crippen molar-refractivity contribution in [3.05, 3.63) is 24.3 Å². The highest BCUT2D eigenvalue weighted by molar-refractivity contribution is 6.05. The molecule has 0 aliphatic carbocycles. The van der Waals surface area contributed by atoms with Crippen molar-refractivity contribution in [3.8, 4) is 5.75 Å². The maximum Gasteiger partial charge on any atom is 0.240 e. The minimum absolute atomic E-state index is 0.126. The third kappa shape index (κ3) is 7.99. The predicted octanol–water partition coefficient (Wildman–Crippen LogP) is 3.10. The lowest BCUT2D eigenvalue weighted by Gasteiger charge is -2.07. The Bertz CT molecular complexity index is 539. The number of amides is 2. The molecule has 0 aromatic heterocycles. The minimum atomic E-state index is -0.182. The first-order valence-corrected chi connectivity index (χ1v) is 7.89. The fourth-order valence-electron chi connectivity index (χ4n) is 1.83. The van der Waals surface area contributed by atoms with Gasteiger partial charge in [-0.25, -0.2) is 5.43 Å². The Hall–Kier alpha value is -2.37. The summed E-state index contributed by atoms with van der Waals surface area (Å²) in [4.78, 5) is 23.4. The molecular weight excluding hydrogens is 294 g/mol. The molecule has 1 aromatic carbocycles. The molecule has 2 amide bonds. The summed E-state index contributed by atoms with van der Waals surface area (Å²) >= 11 is 0. The van der Waals surface area contributed by atoms with E-state index in [1.807, 2.05) is 13.8 Å². The smallest absolute Gasteiger partial charge is 0.240 e. The summed E-state index contributed by atoms with van der Waals surface area (Å²) in [6.45, 7) is 6.25. The van der Waals surface area contributed by atoms with Crippen LogP contribution < -0.4 is 15.5 Å². The number of carbonyl (C=O) groups is 2. The number of benzene rings is 1. The molecule has 0 spiro atoms. The molecular formula is C17H25N3O3. The number of hydrogen-bond acceptors (Lipinski definition) is 4. The second-order valence-electron chi connectivity index (χ2n) is 5.17. The van der Waals surface area contributed by atoms with Crippen LogP contribution in [0.15, 0.2) is 29.4 Å². The minimum Gasteiger partial charge on any atom is -0.494 e. The van der Waals surface area contributed by atoms with Crippen LogP contribution in [-0.2, 0) is 9.59 Å². The van der Waals surface area contributed by atoms with E-state index in [2.05, 4.69) is 15.8 Å². The molecule has 6 nitrogen and oxygen atoms in total. The van der Waals surface area contributed by atoms with Crippen molar-refractivity contribution in [2.75, 3.05) is 11.9 Å². The highest BCUT2D eigenvalue weighted by atomic mass is 16.5. The quantitative estimate of drug-likeness (QED) is 0.542. The van der Waals surface area contributed by atoms with E-state index in [0.717, 1.165) is 18.6 Å². The van der Waals surface area contributed by atoms with Crippen LogP contribution in [-0.4, -0.2) is 24.1 Å². The topological polar surface area (TPSA) is 79.8 Å². The van der Waals surface area contributed by atoms with Gasteiger partial charge in [0, 0.05) is 17.8 Å². The largest absolute Gasteiger partial charge is 0.494 e. The van der Waals surface area contributed by atoms with E-state index in [9.17, 15) is 9.59 Å². The van der Waals surface area contributed by atoms with Crippen molar-refractivity contribution >= 4 is 23.2 Å². The zero-order valence-corrected chi connectivity index (χ0v) is 14.0. The monoisotopic (exact) mass is 319 g/mol. The standard InChI is InChI=1S/C17H25N3O3/c1-4-6-7-16(21)20-19-13(3)12-17(22)18-14-8-10-15(11-9-14)23-5-2/h8-11H,4-7,12H2,1-3H3,(H,18,22)(H,20,21)/b19-13-. The molecule has 0 bridgehead atoms. The van der Waals surface area contributed by atoms with Crippen molar-refractivity contribution in [1.29, 1.82) is 0 Å². The molecule has 0 atom stereocenters. The lowest BCUT2D eigenvalue weighted by molar-refractivity contribution is -0.121. The van der Waals surface area contributed by atoms with Crippen LogP contribution in [0, 0.1) is 0 Å². The van der Waals surface area contributed by atoms with E-state index < -0.39 is 0 Å². The van der Waals surface area contributed by atoms with Gasteiger partial charge in [0.15, 0.2) is 0 Å². The number of ether oxygens (including phenoxy) is 1. The Labute approximate surface area is 137 Å². The maximum atomic E-state index is 11.9. The van der Waals surface area contributed by atoms with E-state index in [1.165, 1.54) is 0 Å². The second kappa shape index (κ2) is 10.4. The summed E-state index contributed by atoms with van der Waals surface area (Å²) in [5.41, 5.74) is 3.71. The number of hydrogen-bond donors (Lipinski definition) is 2. The van der Waals surface area contributed by atoms with Crippen LogP contribution in [0.25, 0.3) is 0 Å². The van der Waals surface area contributed by atoms with E-state index >= 15 is 0 Å². The molecule has 0 radical (unpaired) electrons. The maximum absolute atomic E-state index is 11.9. The number of anilines is 1. The first kappa shape index (κ1) is 18.7. The Morgan fingerprint density at radius 2 is 1.83 bits per heavy atom. The van der Waals surface area contributed by atoms with Gasteiger partial charge in [0.05, 0.1) is 13.0 Å². The van der Waals surface area contributed by atoms with Gasteiger partial charge in [0.1, 0.15) is 5.75 Å². The molecule has 1 aromatic rings. The first-order valence-electron chi connectivity index (χ1n) is 7.89. The zero-order chi connectivity index (χ0) is 17.1. The number of nitrogens with one attached hydrogen (secondary N) is 2. The molecule has 0 aliphatic heterocycles. The number of hydrazone groups is 1. The summed E-state index contributed by atoms with van der Waals surface area (Å²) in [7, 11) is 0. The fraction of sp³-hybridized carbons (Fsp3) is 0.471. The normalized spacial score (nSPS) is 11.0. The van der Waals surface area contributed by atoms with Crippen LogP contribution in [0.5, 0.6) is 5.75 Å². The van der Waals surface area contributed by atoms with Gasteiger partial charge in [-0.2, -0.15) is 5.10 Å². The molecule has 6 heteroatoms. The molecule has 0 fully saturated rings.